The molecule has 1 unspecified atom stereocenters. The van der Waals surface area contributed by atoms with Crippen molar-refractivity contribution in [2.24, 2.45) is 5.92 Å². The normalized spacial score (nSPS) is 20.9. The first-order valence-corrected chi connectivity index (χ1v) is 11.6. The first kappa shape index (κ1) is 21.0. The molecule has 0 bridgehead atoms. The van der Waals surface area contributed by atoms with Gasteiger partial charge in [0, 0.05) is 13.1 Å². The van der Waals surface area contributed by atoms with E-state index in [1.807, 2.05) is 30.0 Å². The van der Waals surface area contributed by atoms with Crippen LogP contribution in [-0.2, 0) is 21.1 Å². The van der Waals surface area contributed by atoms with Gasteiger partial charge in [-0.15, -0.1) is 0 Å². The van der Waals surface area contributed by atoms with Crippen LogP contribution in [0, 0.1) is 5.92 Å². The van der Waals surface area contributed by atoms with Crippen LogP contribution in [0.25, 0.3) is 0 Å². The van der Waals surface area contributed by atoms with Crippen LogP contribution >= 0.6 is 0 Å². The van der Waals surface area contributed by atoms with Crippen molar-refractivity contribution in [3.8, 4) is 11.5 Å². The van der Waals surface area contributed by atoms with Crippen molar-refractivity contribution in [3.05, 3.63) is 23.8 Å². The maximum absolute atomic E-state index is 12.7. The van der Waals surface area contributed by atoms with Crippen LogP contribution in [0.5, 0.6) is 11.5 Å². The molecule has 6 nitrogen and oxygen atoms in total. The number of benzene rings is 1. The van der Waals surface area contributed by atoms with Gasteiger partial charge in [0.2, 0.25) is 5.91 Å². The van der Waals surface area contributed by atoms with Gasteiger partial charge < -0.3 is 14.4 Å². The molecule has 0 spiro atoms. The lowest BCUT2D eigenvalue weighted by Gasteiger charge is -2.33. The Morgan fingerprint density at radius 3 is 2.50 bits per heavy atom. The van der Waals surface area contributed by atoms with Gasteiger partial charge in [-0.25, -0.2) is 8.42 Å². The summed E-state index contributed by atoms with van der Waals surface area (Å²) in [5, 5.41) is 0. The number of fused-ring (bicyclic) bond motifs is 1. The van der Waals surface area contributed by atoms with Crippen LogP contribution in [-0.4, -0.2) is 55.5 Å². The molecule has 156 valence electrons. The average Bonchev–Trinajstić information content (AvgIpc) is 2.60. The molecule has 1 aromatic rings. The van der Waals surface area contributed by atoms with Crippen LogP contribution in [0.2, 0.25) is 0 Å². The summed E-state index contributed by atoms with van der Waals surface area (Å²) in [6.45, 7) is 8.95. The first-order valence-electron chi connectivity index (χ1n) is 9.97. The molecule has 2 aliphatic heterocycles. The van der Waals surface area contributed by atoms with Crippen molar-refractivity contribution in [2.75, 3.05) is 25.4 Å². The second kappa shape index (κ2) is 7.93. The number of sulfone groups is 1. The Balaban J connectivity index is 1.54. The summed E-state index contributed by atoms with van der Waals surface area (Å²) in [4.78, 5) is 14.5. The molecule has 1 saturated heterocycles. The first-order chi connectivity index (χ1) is 13.0. The average molecular weight is 410 g/mol. The van der Waals surface area contributed by atoms with Gasteiger partial charge in [0.1, 0.15) is 12.7 Å². The monoisotopic (exact) mass is 409 g/mol. The molecule has 1 atom stereocenters. The third-order valence-corrected chi connectivity index (χ3v) is 8.30. The van der Waals surface area contributed by atoms with E-state index in [2.05, 4.69) is 0 Å². The fourth-order valence-corrected chi connectivity index (χ4v) is 4.98. The number of amides is 1. The number of carbonyl (C=O) groups excluding carboxylic acids is 1. The number of nitrogens with zero attached hydrogens (tertiary/aromatic N) is 1. The van der Waals surface area contributed by atoms with E-state index in [4.69, 9.17) is 9.47 Å². The number of ether oxygens (including phenoxy) is 2. The van der Waals surface area contributed by atoms with Gasteiger partial charge in [-0.05, 0) is 64.2 Å². The third-order valence-electron chi connectivity index (χ3n) is 5.52. The van der Waals surface area contributed by atoms with Crippen molar-refractivity contribution >= 4 is 15.7 Å². The van der Waals surface area contributed by atoms with E-state index in [0.717, 1.165) is 24.2 Å². The van der Waals surface area contributed by atoms with Crippen molar-refractivity contribution < 1.29 is 22.7 Å². The van der Waals surface area contributed by atoms with Crippen molar-refractivity contribution in [1.29, 1.82) is 0 Å². The number of piperidine rings is 1. The molecule has 1 aromatic carbocycles. The fraction of sp³-hybridized carbons (Fsp3) is 0.667. The summed E-state index contributed by atoms with van der Waals surface area (Å²) in [6.07, 6.45) is 1.79. The lowest BCUT2D eigenvalue weighted by Crippen LogP contribution is -2.42. The molecule has 0 N–H and O–H groups in total. The van der Waals surface area contributed by atoms with E-state index in [0.29, 0.717) is 31.9 Å². The smallest absolute Gasteiger partial charge is 0.226 e. The largest absolute Gasteiger partial charge is 0.486 e. The predicted octanol–water partition coefficient (Wildman–Crippen LogP) is 2.84. The van der Waals surface area contributed by atoms with E-state index < -0.39 is 14.6 Å². The van der Waals surface area contributed by atoms with E-state index >= 15 is 0 Å². The second-order valence-corrected chi connectivity index (χ2v) is 11.7. The van der Waals surface area contributed by atoms with Gasteiger partial charge in [-0.1, -0.05) is 6.07 Å². The maximum atomic E-state index is 12.7. The van der Waals surface area contributed by atoms with Crippen molar-refractivity contribution in [1.82, 2.24) is 4.90 Å². The van der Waals surface area contributed by atoms with Crippen molar-refractivity contribution in [2.45, 2.75) is 57.8 Å². The minimum absolute atomic E-state index is 0.00172. The van der Waals surface area contributed by atoms with Crippen LogP contribution in [0.3, 0.4) is 0 Å². The Morgan fingerprint density at radius 2 is 1.86 bits per heavy atom. The molecule has 1 amide bonds. The number of hydrogen-bond acceptors (Lipinski definition) is 5. The minimum Gasteiger partial charge on any atom is -0.486 e. The quantitative estimate of drug-likeness (QED) is 0.765. The number of carbonyl (C=O) groups is 1. The summed E-state index contributed by atoms with van der Waals surface area (Å²) in [5.74, 6) is 1.81. The van der Waals surface area contributed by atoms with Crippen LogP contribution in [0.4, 0.5) is 0 Å². The predicted molar refractivity (Wildman–Crippen MR) is 109 cm³/mol. The fourth-order valence-electron chi connectivity index (χ4n) is 3.53. The summed E-state index contributed by atoms with van der Waals surface area (Å²) < 4.78 is 35.5. The van der Waals surface area contributed by atoms with Gasteiger partial charge in [0.15, 0.2) is 21.3 Å². The number of rotatable bonds is 4. The van der Waals surface area contributed by atoms with E-state index in [1.54, 1.807) is 20.8 Å². The zero-order valence-corrected chi connectivity index (χ0v) is 18.0. The van der Waals surface area contributed by atoms with E-state index in [9.17, 15) is 13.2 Å². The van der Waals surface area contributed by atoms with Crippen molar-refractivity contribution in [3.63, 3.8) is 0 Å². The molecule has 0 saturated carbocycles. The highest BCUT2D eigenvalue weighted by molar-refractivity contribution is 7.92. The van der Waals surface area contributed by atoms with E-state index in [-0.39, 0.29) is 23.7 Å². The van der Waals surface area contributed by atoms with Crippen LogP contribution < -0.4 is 9.47 Å². The molecule has 28 heavy (non-hydrogen) atoms. The zero-order chi connectivity index (χ0) is 20.5. The standard InChI is InChI=1S/C21H31NO5S/c1-15-13-26-18-6-5-17(11-19(18)27-15)12-20(23)22-9-7-16(8-10-22)14-28(24,25)21(2,3)4/h5-6,11,15-16H,7-10,12-14H2,1-4H3. The summed E-state index contributed by atoms with van der Waals surface area (Å²) in [7, 11) is -3.13. The van der Waals surface area contributed by atoms with E-state index in [1.165, 1.54) is 0 Å². The molecule has 0 aliphatic carbocycles. The maximum Gasteiger partial charge on any atom is 0.226 e. The van der Waals surface area contributed by atoms with Crippen LogP contribution in [0.15, 0.2) is 18.2 Å². The van der Waals surface area contributed by atoms with Gasteiger partial charge >= 0.3 is 0 Å². The molecular weight excluding hydrogens is 378 g/mol. The SMILES string of the molecule is CC1COc2ccc(CC(=O)N3CCC(CS(=O)(=O)C(C)(C)C)CC3)cc2O1. The van der Waals surface area contributed by atoms with Crippen LogP contribution in [0.1, 0.15) is 46.1 Å². The molecule has 0 radical (unpaired) electrons. The Hall–Kier alpha value is -1.76. The number of hydrogen-bond donors (Lipinski definition) is 0. The minimum atomic E-state index is -3.13. The Labute approximate surface area is 168 Å². The summed E-state index contributed by atoms with van der Waals surface area (Å²) in [6, 6.07) is 5.64. The Morgan fingerprint density at radius 1 is 1.18 bits per heavy atom. The van der Waals surface area contributed by atoms with Gasteiger partial charge in [0.05, 0.1) is 16.9 Å². The van der Waals surface area contributed by atoms with Gasteiger partial charge in [0.25, 0.3) is 0 Å². The Bertz CT molecular complexity index is 820. The molecule has 7 heteroatoms. The van der Waals surface area contributed by atoms with Gasteiger partial charge in [-0.2, -0.15) is 0 Å². The lowest BCUT2D eigenvalue weighted by molar-refractivity contribution is -0.131. The Kier molecular flexibility index (Phi) is 5.94. The molecule has 2 aliphatic rings. The highest BCUT2D eigenvalue weighted by atomic mass is 32.2. The molecule has 3 rings (SSSR count). The summed E-state index contributed by atoms with van der Waals surface area (Å²) >= 11 is 0. The summed E-state index contributed by atoms with van der Waals surface area (Å²) in [5.41, 5.74) is 0.902. The highest BCUT2D eigenvalue weighted by Gasteiger charge is 2.33. The lowest BCUT2D eigenvalue weighted by atomic mass is 9.98. The van der Waals surface area contributed by atoms with Gasteiger partial charge in [-0.3, -0.25) is 4.79 Å². The molecule has 0 aromatic heterocycles. The topological polar surface area (TPSA) is 72.9 Å². The molecular formula is C21H31NO5S. The molecule has 2 heterocycles. The second-order valence-electron chi connectivity index (χ2n) is 8.92. The highest BCUT2D eigenvalue weighted by Crippen LogP contribution is 2.33. The third kappa shape index (κ3) is 4.80. The zero-order valence-electron chi connectivity index (χ0n) is 17.2. The number of likely N-dealkylation sites (tertiary alicyclic amines) is 1. The molecule has 1 fully saturated rings.